The first-order valence-corrected chi connectivity index (χ1v) is 6.11. The van der Waals surface area contributed by atoms with Gasteiger partial charge in [-0.3, -0.25) is 4.57 Å². The number of thioether (sulfide) groups is 1. The van der Waals surface area contributed by atoms with E-state index >= 15 is 0 Å². The fourth-order valence-electron chi connectivity index (χ4n) is 1.24. The molecular formula is C9H18N4OS. The van der Waals surface area contributed by atoms with Crippen molar-refractivity contribution in [1.82, 2.24) is 20.1 Å². The molecule has 1 unspecified atom stereocenters. The molecule has 1 rings (SSSR count). The number of aromatic nitrogens is 3. The first kappa shape index (κ1) is 12.3. The Morgan fingerprint density at radius 1 is 1.67 bits per heavy atom. The second kappa shape index (κ2) is 5.97. The van der Waals surface area contributed by atoms with Crippen LogP contribution in [0.2, 0.25) is 0 Å². The van der Waals surface area contributed by atoms with Crippen molar-refractivity contribution in [1.29, 1.82) is 0 Å². The van der Waals surface area contributed by atoms with E-state index in [4.69, 9.17) is 0 Å². The molecule has 0 aliphatic rings. The molecule has 5 nitrogen and oxygen atoms in total. The highest BCUT2D eigenvalue weighted by molar-refractivity contribution is 7.99. The number of aromatic amines is 1. The van der Waals surface area contributed by atoms with Crippen molar-refractivity contribution < 1.29 is 0 Å². The maximum absolute atomic E-state index is 11.1. The Kier molecular flexibility index (Phi) is 4.90. The van der Waals surface area contributed by atoms with E-state index in [-0.39, 0.29) is 5.69 Å². The van der Waals surface area contributed by atoms with Gasteiger partial charge in [-0.1, -0.05) is 18.7 Å². The van der Waals surface area contributed by atoms with E-state index in [1.54, 1.807) is 18.8 Å². The van der Waals surface area contributed by atoms with Gasteiger partial charge < -0.3 is 5.32 Å². The molecular weight excluding hydrogens is 212 g/mol. The predicted octanol–water partition coefficient (Wildman–Crippen LogP) is 0.589. The van der Waals surface area contributed by atoms with Crippen molar-refractivity contribution in [2.45, 2.75) is 31.5 Å². The van der Waals surface area contributed by atoms with Crippen molar-refractivity contribution in [2.24, 2.45) is 7.05 Å². The van der Waals surface area contributed by atoms with Gasteiger partial charge in [0.25, 0.3) is 0 Å². The molecule has 15 heavy (non-hydrogen) atoms. The van der Waals surface area contributed by atoms with Gasteiger partial charge in [-0.2, -0.15) is 0 Å². The summed E-state index contributed by atoms with van der Waals surface area (Å²) in [5.41, 5.74) is -0.155. The SMILES string of the molecule is CCNC(C)CCSc1n[nH]c(=O)n1C. The topological polar surface area (TPSA) is 62.7 Å². The van der Waals surface area contributed by atoms with Gasteiger partial charge in [0.15, 0.2) is 5.16 Å². The van der Waals surface area contributed by atoms with E-state index in [2.05, 4.69) is 29.4 Å². The summed E-state index contributed by atoms with van der Waals surface area (Å²) in [4.78, 5) is 11.1. The van der Waals surface area contributed by atoms with E-state index in [0.29, 0.717) is 6.04 Å². The first-order chi connectivity index (χ1) is 7.15. The van der Waals surface area contributed by atoms with E-state index in [0.717, 1.165) is 23.9 Å². The molecule has 0 aliphatic carbocycles. The van der Waals surface area contributed by atoms with Crippen LogP contribution >= 0.6 is 11.8 Å². The highest BCUT2D eigenvalue weighted by Crippen LogP contribution is 2.13. The van der Waals surface area contributed by atoms with Crippen LogP contribution in [0.3, 0.4) is 0 Å². The molecule has 0 aliphatic heterocycles. The number of H-pyrrole nitrogens is 1. The first-order valence-electron chi connectivity index (χ1n) is 5.12. The highest BCUT2D eigenvalue weighted by Gasteiger charge is 2.05. The minimum absolute atomic E-state index is 0.155. The Morgan fingerprint density at radius 3 is 2.93 bits per heavy atom. The fraction of sp³-hybridized carbons (Fsp3) is 0.778. The van der Waals surface area contributed by atoms with Gasteiger partial charge in [-0.05, 0) is 19.9 Å². The molecule has 1 aromatic rings. The van der Waals surface area contributed by atoms with Crippen molar-refractivity contribution in [3.63, 3.8) is 0 Å². The summed E-state index contributed by atoms with van der Waals surface area (Å²) in [6, 6.07) is 0.512. The molecule has 6 heteroatoms. The summed E-state index contributed by atoms with van der Waals surface area (Å²) < 4.78 is 1.53. The molecule has 86 valence electrons. The molecule has 0 saturated heterocycles. The van der Waals surface area contributed by atoms with E-state index < -0.39 is 0 Å². The second-order valence-corrected chi connectivity index (χ2v) is 4.53. The van der Waals surface area contributed by atoms with Crippen LogP contribution < -0.4 is 11.0 Å². The zero-order valence-corrected chi connectivity index (χ0v) is 10.2. The van der Waals surface area contributed by atoms with Crippen molar-refractivity contribution >= 4 is 11.8 Å². The number of nitrogens with zero attached hydrogens (tertiary/aromatic N) is 2. The summed E-state index contributed by atoms with van der Waals surface area (Å²) in [6.07, 6.45) is 1.07. The molecule has 0 spiro atoms. The maximum atomic E-state index is 11.1. The summed E-state index contributed by atoms with van der Waals surface area (Å²) in [5.74, 6) is 0.965. The van der Waals surface area contributed by atoms with Crippen LogP contribution in [0.5, 0.6) is 0 Å². The van der Waals surface area contributed by atoms with Gasteiger partial charge in [-0.25, -0.2) is 9.89 Å². The monoisotopic (exact) mass is 230 g/mol. The van der Waals surface area contributed by atoms with Crippen LogP contribution in [0, 0.1) is 0 Å². The lowest BCUT2D eigenvalue weighted by molar-refractivity contribution is 0.556. The van der Waals surface area contributed by atoms with E-state index in [1.807, 2.05) is 0 Å². The number of rotatable bonds is 6. The molecule has 1 heterocycles. The summed E-state index contributed by atoms with van der Waals surface area (Å²) in [6.45, 7) is 5.25. The van der Waals surface area contributed by atoms with Crippen LogP contribution in [-0.2, 0) is 7.05 Å². The fourth-order valence-corrected chi connectivity index (χ4v) is 2.28. The lowest BCUT2D eigenvalue weighted by atomic mass is 10.3. The normalized spacial score (nSPS) is 13.0. The van der Waals surface area contributed by atoms with Gasteiger partial charge in [0, 0.05) is 18.8 Å². The third kappa shape index (κ3) is 3.71. The van der Waals surface area contributed by atoms with Crippen LogP contribution in [0.4, 0.5) is 0 Å². The van der Waals surface area contributed by atoms with Crippen molar-refractivity contribution in [2.75, 3.05) is 12.3 Å². The summed E-state index contributed by atoms with van der Waals surface area (Å²) >= 11 is 1.60. The van der Waals surface area contributed by atoms with Gasteiger partial charge in [0.1, 0.15) is 0 Å². The Labute approximate surface area is 93.6 Å². The molecule has 1 atom stereocenters. The predicted molar refractivity (Wildman–Crippen MR) is 62.3 cm³/mol. The minimum atomic E-state index is -0.155. The van der Waals surface area contributed by atoms with Crippen molar-refractivity contribution in [3.8, 4) is 0 Å². The second-order valence-electron chi connectivity index (χ2n) is 3.47. The van der Waals surface area contributed by atoms with Gasteiger partial charge in [0.05, 0.1) is 0 Å². The smallest absolute Gasteiger partial charge is 0.315 e. The van der Waals surface area contributed by atoms with Crippen LogP contribution in [-0.4, -0.2) is 33.1 Å². The van der Waals surface area contributed by atoms with Crippen LogP contribution in [0.15, 0.2) is 9.95 Å². The van der Waals surface area contributed by atoms with Gasteiger partial charge in [0.2, 0.25) is 0 Å². The summed E-state index contributed by atoms with van der Waals surface area (Å²) in [5, 5.41) is 10.4. The molecule has 0 aromatic carbocycles. The quantitative estimate of drug-likeness (QED) is 0.702. The molecule has 1 aromatic heterocycles. The molecule has 0 saturated carbocycles. The third-order valence-corrected chi connectivity index (χ3v) is 3.24. The zero-order valence-electron chi connectivity index (χ0n) is 9.41. The van der Waals surface area contributed by atoms with Gasteiger partial charge in [-0.15, -0.1) is 5.10 Å². The number of nitrogens with one attached hydrogen (secondary N) is 2. The Morgan fingerprint density at radius 2 is 2.40 bits per heavy atom. The Balaban J connectivity index is 2.32. The van der Waals surface area contributed by atoms with Gasteiger partial charge >= 0.3 is 5.69 Å². The Bertz CT molecular complexity index is 346. The lowest BCUT2D eigenvalue weighted by Crippen LogP contribution is -2.25. The highest BCUT2D eigenvalue weighted by atomic mass is 32.2. The lowest BCUT2D eigenvalue weighted by Gasteiger charge is -2.10. The average Bonchev–Trinajstić information content (AvgIpc) is 2.50. The third-order valence-electron chi connectivity index (χ3n) is 2.17. The molecule has 0 fully saturated rings. The molecule has 2 N–H and O–H groups in total. The van der Waals surface area contributed by atoms with Crippen LogP contribution in [0.25, 0.3) is 0 Å². The Hall–Kier alpha value is -0.750. The maximum Gasteiger partial charge on any atom is 0.343 e. The average molecular weight is 230 g/mol. The van der Waals surface area contributed by atoms with E-state index in [9.17, 15) is 4.79 Å². The van der Waals surface area contributed by atoms with Crippen LogP contribution in [0.1, 0.15) is 20.3 Å². The standard InChI is InChI=1S/C9H18N4OS/c1-4-10-7(2)5-6-15-9-12-11-8(14)13(9)3/h7,10H,4-6H2,1-3H3,(H,11,14). The number of hydrogen-bond acceptors (Lipinski definition) is 4. The molecule has 0 amide bonds. The number of hydrogen-bond donors (Lipinski definition) is 2. The minimum Gasteiger partial charge on any atom is -0.315 e. The van der Waals surface area contributed by atoms with E-state index in [1.165, 1.54) is 4.57 Å². The largest absolute Gasteiger partial charge is 0.343 e. The van der Waals surface area contributed by atoms with Crippen molar-refractivity contribution in [3.05, 3.63) is 10.5 Å². The molecule has 0 radical (unpaired) electrons. The molecule has 0 bridgehead atoms. The summed E-state index contributed by atoms with van der Waals surface area (Å²) in [7, 11) is 1.72. The zero-order chi connectivity index (χ0) is 11.3.